The Morgan fingerprint density at radius 1 is 0.891 bits per heavy atom. The van der Waals surface area contributed by atoms with Crippen LogP contribution in [0.5, 0.6) is 5.75 Å². The zero-order chi connectivity index (χ0) is 32.4. The molecular formula is C37H44Cl2N4O3. The summed E-state index contributed by atoms with van der Waals surface area (Å²) in [7, 11) is 0. The molecule has 3 aliphatic rings. The summed E-state index contributed by atoms with van der Waals surface area (Å²) in [5, 5.41) is 1.30. The highest BCUT2D eigenvalue weighted by atomic mass is 35.5. The quantitative estimate of drug-likeness (QED) is 0.267. The van der Waals surface area contributed by atoms with Gasteiger partial charge in [0, 0.05) is 42.3 Å². The van der Waals surface area contributed by atoms with E-state index in [4.69, 9.17) is 37.7 Å². The van der Waals surface area contributed by atoms with Crippen LogP contribution >= 0.6 is 23.2 Å². The first-order chi connectivity index (χ1) is 22.1. The Morgan fingerprint density at radius 3 is 2.09 bits per heavy atom. The van der Waals surface area contributed by atoms with E-state index < -0.39 is 6.04 Å². The summed E-state index contributed by atoms with van der Waals surface area (Å²) in [4.78, 5) is 26.7. The van der Waals surface area contributed by atoms with E-state index in [0.29, 0.717) is 41.6 Å². The molecule has 2 atom stereocenters. The van der Waals surface area contributed by atoms with Crippen molar-refractivity contribution in [3.8, 4) is 5.75 Å². The van der Waals surface area contributed by atoms with E-state index in [0.717, 1.165) is 67.1 Å². The molecule has 0 aromatic heterocycles. The fourth-order valence-electron chi connectivity index (χ4n) is 6.82. The van der Waals surface area contributed by atoms with Gasteiger partial charge in [0.25, 0.3) is 0 Å². The van der Waals surface area contributed by atoms with E-state index in [1.54, 1.807) is 0 Å². The normalized spacial score (nSPS) is 21.4. The average Bonchev–Trinajstić information content (AvgIpc) is 3.45. The van der Waals surface area contributed by atoms with E-state index in [1.165, 1.54) is 0 Å². The molecule has 0 aliphatic carbocycles. The molecule has 0 bridgehead atoms. The Labute approximate surface area is 283 Å². The zero-order valence-corrected chi connectivity index (χ0v) is 28.7. The number of morpholine rings is 1. The second kappa shape index (κ2) is 13.9. The van der Waals surface area contributed by atoms with Crippen molar-refractivity contribution in [2.24, 2.45) is 4.99 Å². The van der Waals surface area contributed by atoms with E-state index in [2.05, 4.69) is 43.9 Å². The third-order valence-corrected chi connectivity index (χ3v) is 9.89. The van der Waals surface area contributed by atoms with Crippen LogP contribution in [0.2, 0.25) is 10.0 Å². The van der Waals surface area contributed by atoms with Gasteiger partial charge in [0.05, 0.1) is 31.4 Å². The molecule has 0 N–H and O–H groups in total. The molecule has 2 amide bonds. The maximum atomic E-state index is 14.9. The first-order valence-corrected chi connectivity index (χ1v) is 17.2. The van der Waals surface area contributed by atoms with Crippen LogP contribution in [-0.4, -0.2) is 78.6 Å². The van der Waals surface area contributed by atoms with Gasteiger partial charge in [0.2, 0.25) is 0 Å². The molecule has 3 aromatic rings. The number of amides is 2. The number of benzene rings is 3. The molecule has 46 heavy (non-hydrogen) atoms. The number of carbonyl (C=O) groups is 1. The number of hydrogen-bond acceptors (Lipinski definition) is 5. The molecule has 2 unspecified atom stereocenters. The number of rotatable bonds is 6. The number of aliphatic imine (C=N–C) groups is 1. The number of nitrogens with zero attached hydrogens (tertiary/aromatic N) is 4. The SMILES string of the molecule is CCOc1cc(C(C)(C)C)ccc1C1=NC(c2ccc(Cl)cc2)C(c2ccc(Cl)cc2)N1C(=O)N1CCC(N2CCOCC2)CC1. The van der Waals surface area contributed by atoms with E-state index in [9.17, 15) is 4.79 Å². The maximum absolute atomic E-state index is 14.9. The Morgan fingerprint density at radius 2 is 1.50 bits per heavy atom. The Hall–Kier alpha value is -3.10. The molecule has 3 heterocycles. The van der Waals surface area contributed by atoms with Crippen molar-refractivity contribution >= 4 is 35.1 Å². The minimum absolute atomic E-state index is 0.0436. The van der Waals surface area contributed by atoms with Crippen LogP contribution in [0, 0.1) is 0 Å². The minimum Gasteiger partial charge on any atom is -0.493 e. The van der Waals surface area contributed by atoms with Crippen LogP contribution in [0.25, 0.3) is 0 Å². The van der Waals surface area contributed by atoms with E-state index in [1.807, 2.05) is 65.3 Å². The number of amidine groups is 1. The molecule has 2 fully saturated rings. The van der Waals surface area contributed by atoms with Gasteiger partial charge in [-0.15, -0.1) is 0 Å². The summed E-state index contributed by atoms with van der Waals surface area (Å²) >= 11 is 12.7. The van der Waals surface area contributed by atoms with Crippen LogP contribution in [0.3, 0.4) is 0 Å². The Bertz CT molecular complexity index is 1540. The van der Waals surface area contributed by atoms with Crippen molar-refractivity contribution in [3.05, 3.63) is 99.0 Å². The largest absolute Gasteiger partial charge is 0.493 e. The molecule has 0 radical (unpaired) electrons. The lowest BCUT2D eigenvalue weighted by Crippen LogP contribution is -2.53. The highest BCUT2D eigenvalue weighted by Crippen LogP contribution is 2.46. The summed E-state index contributed by atoms with van der Waals surface area (Å²) in [5.74, 6) is 1.34. The predicted molar refractivity (Wildman–Crippen MR) is 185 cm³/mol. The Kier molecular flexibility index (Phi) is 9.95. The smallest absolute Gasteiger partial charge is 0.326 e. The molecule has 9 heteroatoms. The number of likely N-dealkylation sites (tertiary alicyclic amines) is 1. The van der Waals surface area contributed by atoms with Gasteiger partial charge in [-0.2, -0.15) is 0 Å². The molecule has 0 spiro atoms. The van der Waals surface area contributed by atoms with Gasteiger partial charge in [0.15, 0.2) is 0 Å². The highest BCUT2D eigenvalue weighted by molar-refractivity contribution is 6.30. The third kappa shape index (κ3) is 6.93. The summed E-state index contributed by atoms with van der Waals surface area (Å²) in [6.45, 7) is 13.9. The van der Waals surface area contributed by atoms with Crippen molar-refractivity contribution in [1.82, 2.24) is 14.7 Å². The second-order valence-corrected chi connectivity index (χ2v) is 14.2. The molecule has 3 aliphatic heterocycles. The van der Waals surface area contributed by atoms with Gasteiger partial charge in [-0.1, -0.05) is 74.3 Å². The van der Waals surface area contributed by atoms with Crippen molar-refractivity contribution in [2.45, 2.75) is 64.1 Å². The number of halogens is 2. The van der Waals surface area contributed by atoms with Crippen LogP contribution in [-0.2, 0) is 10.2 Å². The highest BCUT2D eigenvalue weighted by Gasteiger charge is 2.45. The fourth-order valence-corrected chi connectivity index (χ4v) is 7.07. The van der Waals surface area contributed by atoms with Crippen molar-refractivity contribution in [3.63, 3.8) is 0 Å². The third-order valence-electron chi connectivity index (χ3n) is 9.38. The fraction of sp³-hybridized carbons (Fsp3) is 0.459. The summed E-state index contributed by atoms with van der Waals surface area (Å²) in [6.07, 6.45) is 1.87. The molecule has 0 saturated carbocycles. The molecule has 7 nitrogen and oxygen atoms in total. The molecular weight excluding hydrogens is 619 g/mol. The van der Waals surface area contributed by atoms with Gasteiger partial charge < -0.3 is 14.4 Å². The van der Waals surface area contributed by atoms with Crippen molar-refractivity contribution in [2.75, 3.05) is 46.0 Å². The number of hydrogen-bond donors (Lipinski definition) is 0. The van der Waals surface area contributed by atoms with Crippen molar-refractivity contribution in [1.29, 1.82) is 0 Å². The summed E-state index contributed by atoms with van der Waals surface area (Å²) in [5.41, 5.74) is 3.84. The van der Waals surface area contributed by atoms with Gasteiger partial charge in [-0.3, -0.25) is 14.8 Å². The topological polar surface area (TPSA) is 57.6 Å². The maximum Gasteiger partial charge on any atom is 0.326 e. The first kappa shape index (κ1) is 32.8. The number of piperidine rings is 1. The van der Waals surface area contributed by atoms with E-state index in [-0.39, 0.29) is 17.5 Å². The predicted octanol–water partition coefficient (Wildman–Crippen LogP) is 8.15. The number of carbonyl (C=O) groups excluding carboxylic acids is 1. The van der Waals surface area contributed by atoms with E-state index >= 15 is 0 Å². The number of urea groups is 1. The van der Waals surface area contributed by atoms with Crippen LogP contribution in [0.15, 0.2) is 71.7 Å². The van der Waals surface area contributed by atoms with Crippen LogP contribution in [0.1, 0.15) is 74.9 Å². The van der Waals surface area contributed by atoms with Crippen LogP contribution in [0.4, 0.5) is 4.79 Å². The monoisotopic (exact) mass is 662 g/mol. The summed E-state index contributed by atoms with van der Waals surface area (Å²) in [6, 6.07) is 21.5. The lowest BCUT2D eigenvalue weighted by Gasteiger charge is -2.42. The van der Waals surface area contributed by atoms with Crippen molar-refractivity contribution < 1.29 is 14.3 Å². The van der Waals surface area contributed by atoms with Gasteiger partial charge in [-0.25, -0.2) is 4.79 Å². The average molecular weight is 664 g/mol. The standard InChI is InChI=1S/C37H44Cl2N4O3/c1-5-46-32-24-27(37(2,3)4)10-15-31(32)35-40-33(25-6-11-28(38)12-7-25)34(26-8-13-29(39)14-9-26)43(35)36(44)42-18-16-30(17-19-42)41-20-22-45-23-21-41/h6-15,24,30,33-34H,5,16-23H2,1-4H3. The minimum atomic E-state index is -0.394. The zero-order valence-electron chi connectivity index (χ0n) is 27.2. The second-order valence-electron chi connectivity index (χ2n) is 13.4. The van der Waals surface area contributed by atoms with Gasteiger partial charge >= 0.3 is 6.03 Å². The Balaban J connectivity index is 1.43. The molecule has 244 valence electrons. The first-order valence-electron chi connectivity index (χ1n) is 16.4. The molecule has 3 aromatic carbocycles. The van der Waals surface area contributed by atoms with Crippen LogP contribution < -0.4 is 4.74 Å². The molecule has 6 rings (SSSR count). The lowest BCUT2D eigenvalue weighted by molar-refractivity contribution is 0.00295. The molecule has 2 saturated heterocycles. The van der Waals surface area contributed by atoms with Gasteiger partial charge in [-0.05, 0) is 78.3 Å². The number of ether oxygens (including phenoxy) is 2. The van der Waals surface area contributed by atoms with Gasteiger partial charge in [0.1, 0.15) is 17.6 Å². The lowest BCUT2D eigenvalue weighted by atomic mass is 9.86. The summed E-state index contributed by atoms with van der Waals surface area (Å²) < 4.78 is 11.9.